The summed E-state index contributed by atoms with van der Waals surface area (Å²) in [5.74, 6) is -0.686. The number of benzene rings is 1. The van der Waals surface area contributed by atoms with Crippen LogP contribution in [-0.4, -0.2) is 15.9 Å². The lowest BCUT2D eigenvalue weighted by atomic mass is 10.1. The van der Waals surface area contributed by atoms with Crippen LogP contribution in [0.2, 0.25) is 0 Å². The second-order valence-corrected chi connectivity index (χ2v) is 3.53. The predicted molar refractivity (Wildman–Crippen MR) is 60.7 cm³/mol. The highest BCUT2D eigenvalue weighted by Gasteiger charge is 2.10. The molecule has 0 spiro atoms. The van der Waals surface area contributed by atoms with Gasteiger partial charge in [-0.1, -0.05) is 12.1 Å². The third-order valence-electron chi connectivity index (χ3n) is 2.24. The van der Waals surface area contributed by atoms with Gasteiger partial charge in [0.05, 0.1) is 5.69 Å². The quantitative estimate of drug-likeness (QED) is 0.855. The number of rotatable bonds is 2. The summed E-state index contributed by atoms with van der Waals surface area (Å²) in [6.07, 6.45) is 0. The lowest BCUT2D eigenvalue weighted by molar-refractivity contribution is 0.0995. The zero-order valence-corrected chi connectivity index (χ0v) is 9.14. The average Bonchev–Trinajstić information content (AvgIpc) is 2.28. The number of nitrogens with zero attached hydrogens (tertiary/aromatic N) is 2. The smallest absolute Gasteiger partial charge is 0.267 e. The van der Waals surface area contributed by atoms with E-state index in [1.807, 2.05) is 0 Å². The number of nitrogens with two attached hydrogens (primary N) is 1. The van der Waals surface area contributed by atoms with Gasteiger partial charge in [0.1, 0.15) is 17.3 Å². The molecule has 0 radical (unpaired) electrons. The highest BCUT2D eigenvalue weighted by Crippen LogP contribution is 2.20. The Balaban J connectivity index is 2.60. The lowest BCUT2D eigenvalue weighted by Gasteiger charge is -2.05. The molecule has 4 nitrogen and oxygen atoms in total. The van der Waals surface area contributed by atoms with Crippen LogP contribution in [0.3, 0.4) is 0 Å². The van der Waals surface area contributed by atoms with Gasteiger partial charge in [0, 0.05) is 5.56 Å². The van der Waals surface area contributed by atoms with Crippen LogP contribution in [0, 0.1) is 12.7 Å². The van der Waals surface area contributed by atoms with Crippen LogP contribution in [0.25, 0.3) is 11.3 Å². The first-order valence-corrected chi connectivity index (χ1v) is 4.98. The molecule has 0 aliphatic heterocycles. The highest BCUT2D eigenvalue weighted by molar-refractivity contribution is 5.91. The molecule has 1 amide bonds. The minimum Gasteiger partial charge on any atom is -0.364 e. The molecule has 0 aliphatic carbocycles. The summed E-state index contributed by atoms with van der Waals surface area (Å²) < 4.78 is 13.6. The molecular weight excluding hydrogens is 221 g/mol. The van der Waals surface area contributed by atoms with Crippen LogP contribution < -0.4 is 5.73 Å². The van der Waals surface area contributed by atoms with Crippen LogP contribution in [0.5, 0.6) is 0 Å². The van der Waals surface area contributed by atoms with Gasteiger partial charge in [0.15, 0.2) is 0 Å². The Labute approximate surface area is 97.3 Å². The number of hydrogen-bond acceptors (Lipinski definition) is 3. The summed E-state index contributed by atoms with van der Waals surface area (Å²) >= 11 is 0. The Hall–Kier alpha value is -2.30. The van der Waals surface area contributed by atoms with Crippen molar-refractivity contribution in [2.75, 3.05) is 0 Å². The van der Waals surface area contributed by atoms with Crippen molar-refractivity contribution in [1.29, 1.82) is 0 Å². The Kier molecular flexibility index (Phi) is 2.82. The third kappa shape index (κ3) is 2.28. The van der Waals surface area contributed by atoms with Gasteiger partial charge in [0.2, 0.25) is 0 Å². The first-order valence-electron chi connectivity index (χ1n) is 4.98. The molecule has 0 unspecified atom stereocenters. The third-order valence-corrected chi connectivity index (χ3v) is 2.24. The number of hydrogen-bond donors (Lipinski definition) is 1. The fraction of sp³-hybridized carbons (Fsp3) is 0.0833. The molecule has 2 N–H and O–H groups in total. The molecule has 1 aromatic carbocycles. The molecule has 5 heteroatoms. The molecule has 0 bridgehead atoms. The van der Waals surface area contributed by atoms with Crippen LogP contribution in [0.15, 0.2) is 30.3 Å². The minimum atomic E-state index is -0.659. The molecular formula is C12H10FN3O. The van der Waals surface area contributed by atoms with E-state index in [1.165, 1.54) is 12.1 Å². The van der Waals surface area contributed by atoms with Crippen LogP contribution in [-0.2, 0) is 0 Å². The highest BCUT2D eigenvalue weighted by atomic mass is 19.1. The number of aryl methyl sites for hydroxylation is 1. The van der Waals surface area contributed by atoms with Gasteiger partial charge < -0.3 is 5.73 Å². The van der Waals surface area contributed by atoms with E-state index in [0.29, 0.717) is 17.1 Å². The van der Waals surface area contributed by atoms with Crippen molar-refractivity contribution in [1.82, 2.24) is 9.97 Å². The average molecular weight is 231 g/mol. The van der Waals surface area contributed by atoms with Gasteiger partial charge in [-0.25, -0.2) is 14.4 Å². The molecule has 86 valence electrons. The maximum Gasteiger partial charge on any atom is 0.267 e. The summed E-state index contributed by atoms with van der Waals surface area (Å²) in [6, 6.07) is 7.58. The summed E-state index contributed by atoms with van der Waals surface area (Å²) in [7, 11) is 0. The van der Waals surface area contributed by atoms with Gasteiger partial charge in [-0.15, -0.1) is 0 Å². The second kappa shape index (κ2) is 4.29. The zero-order chi connectivity index (χ0) is 12.4. The van der Waals surface area contributed by atoms with Crippen molar-refractivity contribution in [3.05, 3.63) is 47.7 Å². The summed E-state index contributed by atoms with van der Waals surface area (Å²) in [5.41, 5.74) is 5.90. The molecule has 2 rings (SSSR count). The summed E-state index contributed by atoms with van der Waals surface area (Å²) in [4.78, 5) is 19.0. The van der Waals surface area contributed by atoms with E-state index in [9.17, 15) is 9.18 Å². The summed E-state index contributed by atoms with van der Waals surface area (Å²) in [6.45, 7) is 1.62. The number of halogens is 1. The van der Waals surface area contributed by atoms with Crippen molar-refractivity contribution in [2.45, 2.75) is 6.92 Å². The largest absolute Gasteiger partial charge is 0.364 e. The molecule has 0 atom stereocenters. The van der Waals surface area contributed by atoms with Gasteiger partial charge in [0.25, 0.3) is 5.91 Å². The monoisotopic (exact) mass is 231 g/mol. The van der Waals surface area contributed by atoms with Gasteiger partial charge in [-0.3, -0.25) is 4.79 Å². The van der Waals surface area contributed by atoms with E-state index in [4.69, 9.17) is 5.73 Å². The van der Waals surface area contributed by atoms with Crippen molar-refractivity contribution < 1.29 is 9.18 Å². The van der Waals surface area contributed by atoms with E-state index in [0.717, 1.165) is 0 Å². The Morgan fingerprint density at radius 2 is 2.00 bits per heavy atom. The van der Waals surface area contributed by atoms with Gasteiger partial charge in [-0.05, 0) is 25.1 Å². The number of primary amides is 1. The number of aromatic nitrogens is 2. The Bertz CT molecular complexity index is 584. The van der Waals surface area contributed by atoms with Crippen molar-refractivity contribution in [3.63, 3.8) is 0 Å². The fourth-order valence-electron chi connectivity index (χ4n) is 1.50. The molecule has 0 saturated carbocycles. The maximum absolute atomic E-state index is 13.6. The first-order chi connectivity index (χ1) is 8.08. The van der Waals surface area contributed by atoms with Gasteiger partial charge in [-0.2, -0.15) is 0 Å². The number of carbonyl (C=O) groups is 1. The van der Waals surface area contributed by atoms with E-state index in [-0.39, 0.29) is 5.69 Å². The van der Waals surface area contributed by atoms with Crippen molar-refractivity contribution in [2.24, 2.45) is 5.73 Å². The fourth-order valence-corrected chi connectivity index (χ4v) is 1.50. The molecule has 2 aromatic rings. The van der Waals surface area contributed by atoms with Crippen molar-refractivity contribution >= 4 is 5.91 Å². The van der Waals surface area contributed by atoms with Crippen LogP contribution in [0.4, 0.5) is 4.39 Å². The number of amides is 1. The topological polar surface area (TPSA) is 68.9 Å². The standard InChI is InChI=1S/C12H10FN3O/c1-7-15-10(6-11(16-7)12(14)17)8-4-2-3-5-9(8)13/h2-6H,1H3,(H2,14,17). The summed E-state index contributed by atoms with van der Waals surface area (Å²) in [5, 5.41) is 0. The number of carbonyl (C=O) groups excluding carboxylic acids is 1. The normalized spacial score (nSPS) is 10.2. The maximum atomic E-state index is 13.6. The van der Waals surface area contributed by atoms with E-state index < -0.39 is 11.7 Å². The van der Waals surface area contributed by atoms with Crippen LogP contribution >= 0.6 is 0 Å². The van der Waals surface area contributed by atoms with E-state index in [1.54, 1.807) is 25.1 Å². The zero-order valence-electron chi connectivity index (χ0n) is 9.14. The van der Waals surface area contributed by atoms with Crippen molar-refractivity contribution in [3.8, 4) is 11.3 Å². The molecule has 1 heterocycles. The molecule has 0 aliphatic rings. The van der Waals surface area contributed by atoms with Gasteiger partial charge >= 0.3 is 0 Å². The molecule has 17 heavy (non-hydrogen) atoms. The van der Waals surface area contributed by atoms with E-state index >= 15 is 0 Å². The first kappa shape index (κ1) is 11.2. The Morgan fingerprint density at radius 3 is 2.65 bits per heavy atom. The second-order valence-electron chi connectivity index (χ2n) is 3.53. The van der Waals surface area contributed by atoms with Crippen LogP contribution in [0.1, 0.15) is 16.3 Å². The Morgan fingerprint density at radius 1 is 1.29 bits per heavy atom. The van der Waals surface area contributed by atoms with E-state index in [2.05, 4.69) is 9.97 Å². The molecule has 0 saturated heterocycles. The lowest BCUT2D eigenvalue weighted by Crippen LogP contribution is -2.14. The predicted octanol–water partition coefficient (Wildman–Crippen LogP) is 1.69. The molecule has 0 fully saturated rings. The SMILES string of the molecule is Cc1nc(C(N)=O)cc(-c2ccccc2F)n1. The molecule has 1 aromatic heterocycles. The minimum absolute atomic E-state index is 0.0794.